The van der Waals surface area contributed by atoms with Gasteiger partial charge >= 0.3 is 0 Å². The average Bonchev–Trinajstić information content (AvgIpc) is 2.63. The lowest BCUT2D eigenvalue weighted by Crippen LogP contribution is -2.15. The summed E-state index contributed by atoms with van der Waals surface area (Å²) in [6.07, 6.45) is 4.42. The number of nitrogens with one attached hydrogen (secondary N) is 1. The third-order valence-corrected chi connectivity index (χ3v) is 3.01. The van der Waals surface area contributed by atoms with Gasteiger partial charge in [-0.05, 0) is 31.6 Å². The lowest BCUT2D eigenvalue weighted by Gasteiger charge is -2.18. The maximum absolute atomic E-state index is 4.73. The number of fused-ring (bicyclic) bond motifs is 1. The Morgan fingerprint density at radius 2 is 1.94 bits per heavy atom. The van der Waals surface area contributed by atoms with Crippen LogP contribution < -0.4 is 5.32 Å². The highest BCUT2D eigenvalue weighted by Gasteiger charge is 2.21. The quantitative estimate of drug-likeness (QED) is 0.872. The Morgan fingerprint density at radius 1 is 1.18 bits per heavy atom. The predicted molar refractivity (Wildman–Crippen MR) is 71.4 cm³/mol. The minimum absolute atomic E-state index is 0.246. The monoisotopic (exact) mass is 233 g/mol. The molecule has 0 saturated heterocycles. The fraction of sp³-hybridized carbons (Fsp3) is 0.714. The van der Waals surface area contributed by atoms with Crippen molar-refractivity contribution in [3.8, 4) is 0 Å². The third kappa shape index (κ3) is 2.96. The van der Waals surface area contributed by atoms with E-state index in [1.807, 2.05) is 0 Å². The number of hydrogen-bond acceptors (Lipinski definition) is 3. The Hall–Kier alpha value is -1.12. The summed E-state index contributed by atoms with van der Waals surface area (Å²) in [6.45, 7) is 9.74. The molecule has 0 aromatic carbocycles. The molecule has 1 aromatic rings. The van der Waals surface area contributed by atoms with Crippen LogP contribution in [0.5, 0.6) is 0 Å². The molecule has 1 aliphatic carbocycles. The molecule has 1 aliphatic rings. The van der Waals surface area contributed by atoms with Gasteiger partial charge in [0.1, 0.15) is 11.6 Å². The van der Waals surface area contributed by atoms with E-state index in [1.165, 1.54) is 17.7 Å². The van der Waals surface area contributed by atoms with Crippen molar-refractivity contribution in [1.29, 1.82) is 0 Å². The highest BCUT2D eigenvalue weighted by molar-refractivity contribution is 5.48. The SMILES string of the molecule is CCNc1nc(CC(C)(C)C)nc2c1CCC2. The van der Waals surface area contributed by atoms with Crippen molar-refractivity contribution in [2.75, 3.05) is 11.9 Å². The van der Waals surface area contributed by atoms with Crippen molar-refractivity contribution < 1.29 is 0 Å². The molecule has 94 valence electrons. The average molecular weight is 233 g/mol. The molecule has 0 spiro atoms. The summed E-state index contributed by atoms with van der Waals surface area (Å²) >= 11 is 0. The van der Waals surface area contributed by atoms with Gasteiger partial charge in [0.25, 0.3) is 0 Å². The molecular weight excluding hydrogens is 210 g/mol. The van der Waals surface area contributed by atoms with E-state index in [0.717, 1.165) is 37.4 Å². The van der Waals surface area contributed by atoms with Crippen molar-refractivity contribution in [3.63, 3.8) is 0 Å². The van der Waals surface area contributed by atoms with E-state index in [1.54, 1.807) is 0 Å². The van der Waals surface area contributed by atoms with Gasteiger partial charge in [0.2, 0.25) is 0 Å². The van der Waals surface area contributed by atoms with Crippen molar-refractivity contribution in [3.05, 3.63) is 17.1 Å². The van der Waals surface area contributed by atoms with Crippen LogP contribution in [0.3, 0.4) is 0 Å². The second kappa shape index (κ2) is 4.63. The molecule has 0 bridgehead atoms. The van der Waals surface area contributed by atoms with Gasteiger partial charge in [0, 0.05) is 24.2 Å². The van der Waals surface area contributed by atoms with Crippen LogP contribution in [-0.2, 0) is 19.3 Å². The second-order valence-electron chi connectivity index (χ2n) is 6.04. The van der Waals surface area contributed by atoms with Crippen molar-refractivity contribution in [2.45, 2.75) is 53.4 Å². The van der Waals surface area contributed by atoms with Crippen LogP contribution in [0.2, 0.25) is 0 Å². The minimum atomic E-state index is 0.246. The zero-order chi connectivity index (χ0) is 12.5. The number of aryl methyl sites for hydroxylation is 1. The minimum Gasteiger partial charge on any atom is -0.370 e. The number of rotatable bonds is 3. The van der Waals surface area contributed by atoms with Crippen LogP contribution in [0.25, 0.3) is 0 Å². The molecule has 2 rings (SSSR count). The van der Waals surface area contributed by atoms with Crippen LogP contribution in [0.15, 0.2) is 0 Å². The number of aromatic nitrogens is 2. The number of nitrogens with zero attached hydrogens (tertiary/aromatic N) is 2. The van der Waals surface area contributed by atoms with E-state index in [4.69, 9.17) is 9.97 Å². The van der Waals surface area contributed by atoms with E-state index in [2.05, 4.69) is 33.0 Å². The molecule has 1 heterocycles. The summed E-state index contributed by atoms with van der Waals surface area (Å²) in [7, 11) is 0. The summed E-state index contributed by atoms with van der Waals surface area (Å²) in [5.74, 6) is 2.07. The molecule has 0 unspecified atom stereocenters. The smallest absolute Gasteiger partial charge is 0.133 e. The van der Waals surface area contributed by atoms with Crippen LogP contribution in [0.4, 0.5) is 5.82 Å². The topological polar surface area (TPSA) is 37.8 Å². The number of anilines is 1. The maximum atomic E-state index is 4.73. The first-order chi connectivity index (χ1) is 7.99. The van der Waals surface area contributed by atoms with Gasteiger partial charge in [-0.1, -0.05) is 20.8 Å². The Morgan fingerprint density at radius 3 is 2.59 bits per heavy atom. The van der Waals surface area contributed by atoms with Gasteiger partial charge in [0.05, 0.1) is 0 Å². The van der Waals surface area contributed by atoms with Crippen LogP contribution in [-0.4, -0.2) is 16.5 Å². The molecule has 0 fully saturated rings. The van der Waals surface area contributed by atoms with E-state index in [-0.39, 0.29) is 5.41 Å². The van der Waals surface area contributed by atoms with Gasteiger partial charge in [-0.2, -0.15) is 0 Å². The normalized spacial score (nSPS) is 14.8. The van der Waals surface area contributed by atoms with Crippen LogP contribution in [0, 0.1) is 5.41 Å². The van der Waals surface area contributed by atoms with E-state index in [9.17, 15) is 0 Å². The van der Waals surface area contributed by atoms with Gasteiger partial charge in [-0.25, -0.2) is 9.97 Å². The zero-order valence-electron chi connectivity index (χ0n) is 11.4. The molecule has 0 amide bonds. The fourth-order valence-electron chi connectivity index (χ4n) is 2.35. The third-order valence-electron chi connectivity index (χ3n) is 3.01. The lowest BCUT2D eigenvalue weighted by molar-refractivity contribution is 0.400. The highest BCUT2D eigenvalue weighted by atomic mass is 15.0. The van der Waals surface area contributed by atoms with Gasteiger partial charge < -0.3 is 5.32 Å². The van der Waals surface area contributed by atoms with Crippen molar-refractivity contribution >= 4 is 5.82 Å². The molecule has 3 heteroatoms. The van der Waals surface area contributed by atoms with E-state index >= 15 is 0 Å². The zero-order valence-corrected chi connectivity index (χ0v) is 11.4. The Balaban J connectivity index is 2.32. The molecule has 0 radical (unpaired) electrons. The first-order valence-corrected chi connectivity index (χ1v) is 6.62. The predicted octanol–water partition coefficient (Wildman–Crippen LogP) is 2.99. The van der Waals surface area contributed by atoms with E-state index in [0.29, 0.717) is 0 Å². The Labute approximate surface area is 104 Å². The highest BCUT2D eigenvalue weighted by Crippen LogP contribution is 2.28. The van der Waals surface area contributed by atoms with Crippen LogP contribution in [0.1, 0.15) is 51.2 Å². The summed E-state index contributed by atoms with van der Waals surface area (Å²) in [5.41, 5.74) is 2.87. The molecule has 17 heavy (non-hydrogen) atoms. The first kappa shape index (κ1) is 12.3. The summed E-state index contributed by atoms with van der Waals surface area (Å²) in [4.78, 5) is 9.43. The molecule has 3 nitrogen and oxygen atoms in total. The first-order valence-electron chi connectivity index (χ1n) is 6.62. The largest absolute Gasteiger partial charge is 0.370 e. The second-order valence-corrected chi connectivity index (χ2v) is 6.04. The fourth-order valence-corrected chi connectivity index (χ4v) is 2.35. The van der Waals surface area contributed by atoms with Crippen molar-refractivity contribution in [2.24, 2.45) is 5.41 Å². The van der Waals surface area contributed by atoms with Gasteiger partial charge in [0.15, 0.2) is 0 Å². The van der Waals surface area contributed by atoms with Crippen LogP contribution >= 0.6 is 0 Å². The summed E-state index contributed by atoms with van der Waals surface area (Å²) in [6, 6.07) is 0. The Bertz CT molecular complexity index is 405. The van der Waals surface area contributed by atoms with E-state index < -0.39 is 0 Å². The Kier molecular flexibility index (Phi) is 3.36. The lowest BCUT2D eigenvalue weighted by atomic mass is 9.92. The van der Waals surface area contributed by atoms with Crippen molar-refractivity contribution in [1.82, 2.24) is 9.97 Å². The molecule has 1 N–H and O–H groups in total. The molecular formula is C14H23N3. The number of hydrogen-bond donors (Lipinski definition) is 1. The standard InChI is InChI=1S/C14H23N3/c1-5-15-13-10-7-6-8-11(10)16-12(17-13)9-14(2,3)4/h5-9H2,1-4H3,(H,15,16,17). The molecule has 0 aliphatic heterocycles. The van der Waals surface area contributed by atoms with Gasteiger partial charge in [-0.3, -0.25) is 0 Å². The molecule has 1 aromatic heterocycles. The van der Waals surface area contributed by atoms with Gasteiger partial charge in [-0.15, -0.1) is 0 Å². The summed E-state index contributed by atoms with van der Waals surface area (Å²) in [5, 5.41) is 3.38. The molecule has 0 atom stereocenters. The summed E-state index contributed by atoms with van der Waals surface area (Å²) < 4.78 is 0. The maximum Gasteiger partial charge on any atom is 0.133 e. The molecule has 0 saturated carbocycles.